The predicted octanol–water partition coefficient (Wildman–Crippen LogP) is 12.6. The number of aromatic nitrogens is 5. The number of rotatable bonds is 6. The molecule has 0 aliphatic heterocycles. The average molecular weight is 741 g/mol. The second kappa shape index (κ2) is 13.6. The Kier molecular flexibility index (Phi) is 7.76. The summed E-state index contributed by atoms with van der Waals surface area (Å²) in [6.07, 6.45) is 0. The van der Waals surface area contributed by atoms with Gasteiger partial charge in [0.2, 0.25) is 0 Å². The summed E-state index contributed by atoms with van der Waals surface area (Å²) < 4.78 is 4.72. The number of hydrogen-bond donors (Lipinski definition) is 0. The molecule has 0 spiro atoms. The molecule has 0 saturated carbocycles. The van der Waals surface area contributed by atoms with Crippen molar-refractivity contribution in [3.63, 3.8) is 0 Å². The van der Waals surface area contributed by atoms with E-state index < -0.39 is 0 Å². The zero-order chi connectivity index (χ0) is 38.6. The zero-order valence-corrected chi connectivity index (χ0v) is 31.2. The van der Waals surface area contributed by atoms with E-state index in [0.717, 1.165) is 77.2 Å². The van der Waals surface area contributed by atoms with Crippen LogP contribution in [0.3, 0.4) is 0 Å². The van der Waals surface area contributed by atoms with Crippen LogP contribution in [0.5, 0.6) is 0 Å². The van der Waals surface area contributed by atoms with Gasteiger partial charge < -0.3 is 9.13 Å². The first kappa shape index (κ1) is 33.2. The first-order chi connectivity index (χ1) is 28.7. The van der Waals surface area contributed by atoms with E-state index in [9.17, 15) is 5.26 Å². The van der Waals surface area contributed by atoms with Gasteiger partial charge in [0.25, 0.3) is 0 Å². The summed E-state index contributed by atoms with van der Waals surface area (Å²) in [5.41, 5.74) is 12.0. The van der Waals surface area contributed by atoms with Crippen LogP contribution in [0.2, 0.25) is 0 Å². The lowest BCUT2D eigenvalue weighted by Gasteiger charge is -2.11. The van der Waals surface area contributed by atoms with E-state index in [0.29, 0.717) is 23.0 Å². The number of fused-ring (bicyclic) bond motifs is 7. The molecule has 8 aromatic carbocycles. The summed E-state index contributed by atoms with van der Waals surface area (Å²) in [4.78, 5) is 15.3. The molecule has 11 aromatic rings. The molecule has 0 aliphatic carbocycles. The second-order valence-electron chi connectivity index (χ2n) is 14.4. The number of hydrogen-bond acceptors (Lipinski definition) is 4. The largest absolute Gasteiger partial charge is 0.309 e. The first-order valence-corrected chi connectivity index (χ1v) is 19.3. The van der Waals surface area contributed by atoms with Crippen LogP contribution >= 0.6 is 0 Å². The van der Waals surface area contributed by atoms with Gasteiger partial charge in [-0.05, 0) is 65.7 Å². The Labute approximate surface area is 334 Å². The summed E-state index contributed by atoms with van der Waals surface area (Å²) in [7, 11) is 0. The van der Waals surface area contributed by atoms with Gasteiger partial charge in [0, 0.05) is 49.6 Å². The number of para-hydroxylation sites is 1. The van der Waals surface area contributed by atoms with Gasteiger partial charge in [-0.15, -0.1) is 0 Å². The summed E-state index contributed by atoms with van der Waals surface area (Å²) in [6, 6.07) is 69.1. The lowest BCUT2D eigenvalue weighted by Crippen LogP contribution is -2.00. The maximum Gasteiger partial charge on any atom is 0.164 e. The maximum atomic E-state index is 9.76. The minimum atomic E-state index is 0.595. The SMILES string of the molecule is N#Cc1ccc(-n2c3cccc(-c4nc(-c5ccccc5)nc(-c5ccccc5)n4)c3c3ccc4c(c5ccccc5n4-c4cccc(-c5ccccc5)c4)c32)cc1. The molecule has 0 fully saturated rings. The monoisotopic (exact) mass is 740 g/mol. The molecular weight excluding hydrogens is 709 g/mol. The topological polar surface area (TPSA) is 72.3 Å². The molecule has 270 valence electrons. The molecule has 0 bridgehead atoms. The van der Waals surface area contributed by atoms with Crippen molar-refractivity contribution in [1.82, 2.24) is 24.1 Å². The molecule has 11 rings (SSSR count). The van der Waals surface area contributed by atoms with Crippen LogP contribution in [0, 0.1) is 11.3 Å². The van der Waals surface area contributed by atoms with Gasteiger partial charge in [0.1, 0.15) is 0 Å². The number of nitriles is 1. The summed E-state index contributed by atoms with van der Waals surface area (Å²) in [5.74, 6) is 1.82. The van der Waals surface area contributed by atoms with E-state index in [1.165, 1.54) is 5.56 Å². The van der Waals surface area contributed by atoms with Crippen molar-refractivity contribution in [1.29, 1.82) is 5.26 Å². The summed E-state index contributed by atoms with van der Waals surface area (Å²) in [5, 5.41) is 14.2. The van der Waals surface area contributed by atoms with Crippen molar-refractivity contribution < 1.29 is 0 Å². The highest BCUT2D eigenvalue weighted by Gasteiger charge is 2.24. The minimum Gasteiger partial charge on any atom is -0.309 e. The van der Waals surface area contributed by atoms with Gasteiger partial charge in [-0.3, -0.25) is 0 Å². The summed E-state index contributed by atoms with van der Waals surface area (Å²) >= 11 is 0. The maximum absolute atomic E-state index is 9.76. The van der Waals surface area contributed by atoms with Crippen LogP contribution in [0.15, 0.2) is 194 Å². The number of nitrogens with zero attached hydrogens (tertiary/aromatic N) is 6. The van der Waals surface area contributed by atoms with Crippen molar-refractivity contribution in [2.45, 2.75) is 0 Å². The third-order valence-electron chi connectivity index (χ3n) is 11.0. The fourth-order valence-corrected chi connectivity index (χ4v) is 8.41. The molecule has 3 aromatic heterocycles. The highest BCUT2D eigenvalue weighted by atomic mass is 15.0. The fraction of sp³-hybridized carbons (Fsp3) is 0. The van der Waals surface area contributed by atoms with E-state index in [1.807, 2.05) is 84.9 Å². The molecule has 0 aliphatic rings. The molecule has 0 N–H and O–H groups in total. The van der Waals surface area contributed by atoms with Gasteiger partial charge in [-0.25, -0.2) is 15.0 Å². The Morgan fingerprint density at radius 2 is 0.948 bits per heavy atom. The van der Waals surface area contributed by atoms with Crippen LogP contribution < -0.4 is 0 Å². The van der Waals surface area contributed by atoms with E-state index in [1.54, 1.807) is 0 Å². The van der Waals surface area contributed by atoms with Crippen LogP contribution in [0.1, 0.15) is 5.56 Å². The third-order valence-corrected chi connectivity index (χ3v) is 11.0. The Hall–Kier alpha value is -8.14. The normalized spacial score (nSPS) is 11.4. The average Bonchev–Trinajstić information content (AvgIpc) is 3.83. The molecule has 0 unspecified atom stereocenters. The van der Waals surface area contributed by atoms with Crippen LogP contribution in [0.4, 0.5) is 0 Å². The Balaban J connectivity index is 1.25. The van der Waals surface area contributed by atoms with Crippen LogP contribution in [-0.4, -0.2) is 24.1 Å². The standard InChI is InChI=1S/C52H32N6/c53-33-34-26-28-39(29-27-34)58-45-25-13-23-43(52-55-50(36-16-6-2-7-17-36)54-51(56-52)37-18-8-3-9-19-37)47(45)42-30-31-46-48(49(42)58)41-22-10-11-24-44(41)57(46)40-21-12-20-38(32-40)35-14-4-1-5-15-35/h1-32H. The lowest BCUT2D eigenvalue weighted by molar-refractivity contribution is 1.08. The van der Waals surface area contributed by atoms with E-state index in [4.69, 9.17) is 15.0 Å². The summed E-state index contributed by atoms with van der Waals surface area (Å²) in [6.45, 7) is 0. The van der Waals surface area contributed by atoms with Crippen molar-refractivity contribution in [3.05, 3.63) is 200 Å². The van der Waals surface area contributed by atoms with Crippen molar-refractivity contribution >= 4 is 43.6 Å². The minimum absolute atomic E-state index is 0.595. The quantitative estimate of drug-likeness (QED) is 0.170. The fourth-order valence-electron chi connectivity index (χ4n) is 8.41. The van der Waals surface area contributed by atoms with Gasteiger partial charge in [-0.1, -0.05) is 140 Å². The van der Waals surface area contributed by atoms with Gasteiger partial charge >= 0.3 is 0 Å². The first-order valence-electron chi connectivity index (χ1n) is 19.3. The van der Waals surface area contributed by atoms with Gasteiger partial charge in [0.05, 0.1) is 33.7 Å². The van der Waals surface area contributed by atoms with E-state index in [2.05, 4.69) is 124 Å². The molecule has 0 atom stereocenters. The van der Waals surface area contributed by atoms with E-state index >= 15 is 0 Å². The van der Waals surface area contributed by atoms with Gasteiger partial charge in [0.15, 0.2) is 17.5 Å². The molecule has 6 nitrogen and oxygen atoms in total. The van der Waals surface area contributed by atoms with E-state index in [-0.39, 0.29) is 0 Å². The van der Waals surface area contributed by atoms with Crippen molar-refractivity contribution in [2.75, 3.05) is 0 Å². The Morgan fingerprint density at radius 3 is 1.64 bits per heavy atom. The molecule has 0 radical (unpaired) electrons. The lowest BCUT2D eigenvalue weighted by atomic mass is 10.0. The molecule has 0 amide bonds. The zero-order valence-electron chi connectivity index (χ0n) is 31.2. The Morgan fingerprint density at radius 1 is 0.379 bits per heavy atom. The molecule has 6 heteroatoms. The Bertz CT molecular complexity index is 3320. The predicted molar refractivity (Wildman–Crippen MR) is 235 cm³/mol. The second-order valence-corrected chi connectivity index (χ2v) is 14.4. The smallest absolute Gasteiger partial charge is 0.164 e. The molecule has 3 heterocycles. The molecular formula is C52H32N6. The highest BCUT2D eigenvalue weighted by molar-refractivity contribution is 6.28. The third kappa shape index (κ3) is 5.37. The van der Waals surface area contributed by atoms with Crippen LogP contribution in [0.25, 0.3) is 100 Å². The van der Waals surface area contributed by atoms with Crippen molar-refractivity contribution in [3.8, 4) is 62.7 Å². The molecule has 0 saturated heterocycles. The van der Waals surface area contributed by atoms with Crippen LogP contribution in [-0.2, 0) is 0 Å². The molecule has 58 heavy (non-hydrogen) atoms. The highest BCUT2D eigenvalue weighted by Crippen LogP contribution is 2.44. The van der Waals surface area contributed by atoms with Crippen molar-refractivity contribution in [2.24, 2.45) is 0 Å². The number of benzene rings is 8. The van der Waals surface area contributed by atoms with Gasteiger partial charge in [-0.2, -0.15) is 5.26 Å².